The van der Waals surface area contributed by atoms with Crippen molar-refractivity contribution >= 4 is 74.2 Å². The monoisotopic (exact) mass is 876 g/mol. The van der Waals surface area contributed by atoms with Crippen LogP contribution in [0.3, 0.4) is 0 Å². The highest BCUT2D eigenvalue weighted by atomic mass is 127. The summed E-state index contributed by atoms with van der Waals surface area (Å²) < 4.78 is 24.9. The fraction of sp³-hybridized carbons (Fsp3) is 0.229. The predicted octanol–water partition coefficient (Wildman–Crippen LogP) is 6.15. The summed E-state index contributed by atoms with van der Waals surface area (Å²) in [6, 6.07) is 22.2. The number of hydrogen-bond donors (Lipinski definition) is 4. The quantitative estimate of drug-likeness (QED) is 0.0413. The van der Waals surface area contributed by atoms with E-state index < -0.39 is 24.3 Å². The van der Waals surface area contributed by atoms with Crippen LogP contribution in [0.2, 0.25) is 0 Å². The van der Waals surface area contributed by atoms with Crippen LogP contribution >= 0.6 is 45.2 Å². The number of aliphatic hydroxyl groups is 1. The number of methoxy groups -OCH3 is 1. The number of amides is 2. The van der Waals surface area contributed by atoms with Gasteiger partial charge in [-0.15, -0.1) is 0 Å². The minimum absolute atomic E-state index is 0.151. The molecule has 0 fully saturated rings. The first-order chi connectivity index (χ1) is 23.2. The number of aliphatic hydroxyl groups excluding tert-OH is 1. The van der Waals surface area contributed by atoms with Gasteiger partial charge in [-0.2, -0.15) is 5.10 Å². The van der Waals surface area contributed by atoms with Gasteiger partial charge in [0.05, 0.1) is 35.1 Å². The predicted molar refractivity (Wildman–Crippen MR) is 199 cm³/mol. The number of esters is 1. The fourth-order valence-electron chi connectivity index (χ4n) is 5.21. The Morgan fingerprint density at radius 2 is 1.83 bits per heavy atom. The van der Waals surface area contributed by atoms with E-state index in [2.05, 4.69) is 90.6 Å². The molecule has 0 spiro atoms. The van der Waals surface area contributed by atoms with Crippen molar-refractivity contribution in [2.75, 3.05) is 20.3 Å². The van der Waals surface area contributed by atoms with E-state index in [9.17, 15) is 14.7 Å². The standard InChI is InChI=1S/C35H34I2N4O7/c1-4-46-29-15-22(32-31(34(43)45-3)20(2)39-35(44)40-32)12-13-28(29)47-19-30(42)41-38-17-24-14-25(36)16-27(37)33(24)48-18-23-10-7-9-21-8-5-6-11-26(21)23/h5-17,30,32,41-42H,4,18-19H2,1-3H3,(H2,39,40,44)/b38-17+/t30-,32+/m0/s1. The molecule has 2 amide bonds. The van der Waals surface area contributed by atoms with Crippen molar-refractivity contribution in [1.29, 1.82) is 0 Å². The maximum absolute atomic E-state index is 12.5. The largest absolute Gasteiger partial charge is 0.490 e. The van der Waals surface area contributed by atoms with Gasteiger partial charge in [-0.1, -0.05) is 48.5 Å². The first-order valence-electron chi connectivity index (χ1n) is 15.0. The Hall–Kier alpha value is -4.09. The lowest BCUT2D eigenvalue weighted by molar-refractivity contribution is -0.136. The van der Waals surface area contributed by atoms with E-state index in [0.29, 0.717) is 41.7 Å². The highest BCUT2D eigenvalue weighted by molar-refractivity contribution is 14.1. The second-order valence-electron chi connectivity index (χ2n) is 10.6. The van der Waals surface area contributed by atoms with Gasteiger partial charge >= 0.3 is 12.0 Å². The van der Waals surface area contributed by atoms with E-state index >= 15 is 0 Å². The minimum Gasteiger partial charge on any atom is -0.490 e. The van der Waals surface area contributed by atoms with E-state index in [1.807, 2.05) is 37.3 Å². The van der Waals surface area contributed by atoms with Gasteiger partial charge in [0.2, 0.25) is 0 Å². The van der Waals surface area contributed by atoms with E-state index in [1.165, 1.54) is 7.11 Å². The molecule has 4 N–H and O–H groups in total. The molecule has 48 heavy (non-hydrogen) atoms. The molecule has 0 saturated heterocycles. The van der Waals surface area contributed by atoms with E-state index in [0.717, 1.165) is 29.0 Å². The van der Waals surface area contributed by atoms with Crippen molar-refractivity contribution < 1.29 is 33.6 Å². The molecule has 0 unspecified atom stereocenters. The summed E-state index contributed by atoms with van der Waals surface area (Å²) in [7, 11) is 1.28. The molecule has 1 aliphatic rings. The van der Waals surface area contributed by atoms with Crippen LogP contribution < -0.4 is 30.3 Å². The molecule has 0 aliphatic carbocycles. The Kier molecular flexibility index (Phi) is 12.0. The van der Waals surface area contributed by atoms with Crippen molar-refractivity contribution in [3.8, 4) is 17.2 Å². The molecule has 0 radical (unpaired) electrons. The molecule has 0 saturated carbocycles. The molecule has 4 aromatic carbocycles. The van der Waals surface area contributed by atoms with Crippen LogP contribution in [0.4, 0.5) is 4.79 Å². The molecule has 1 aliphatic heterocycles. The number of rotatable bonds is 13. The van der Waals surface area contributed by atoms with Crippen LogP contribution in [0.25, 0.3) is 10.8 Å². The molecule has 1 heterocycles. The van der Waals surface area contributed by atoms with Gasteiger partial charge in [0.1, 0.15) is 19.0 Å². The normalized spacial score (nSPS) is 15.1. The molecular formula is C35H34I2N4O7. The summed E-state index contributed by atoms with van der Waals surface area (Å²) >= 11 is 4.49. The van der Waals surface area contributed by atoms with Crippen molar-refractivity contribution in [3.05, 3.63) is 108 Å². The average Bonchev–Trinajstić information content (AvgIpc) is 3.06. The fourth-order valence-corrected chi connectivity index (χ4v) is 7.26. The number of fused-ring (bicyclic) bond motifs is 1. The topological polar surface area (TPSA) is 140 Å². The average molecular weight is 876 g/mol. The Bertz CT molecular complexity index is 1880. The number of hydrogen-bond acceptors (Lipinski definition) is 9. The number of nitrogens with one attached hydrogen (secondary N) is 3. The summed E-state index contributed by atoms with van der Waals surface area (Å²) in [5, 5.41) is 22.6. The third-order valence-electron chi connectivity index (χ3n) is 7.39. The zero-order valence-electron chi connectivity index (χ0n) is 26.4. The Balaban J connectivity index is 1.25. The van der Waals surface area contributed by atoms with E-state index in [4.69, 9.17) is 18.9 Å². The lowest BCUT2D eigenvalue weighted by Gasteiger charge is -2.28. The lowest BCUT2D eigenvalue weighted by Crippen LogP contribution is -2.45. The van der Waals surface area contributed by atoms with Gasteiger partial charge in [-0.05, 0) is 105 Å². The summed E-state index contributed by atoms with van der Waals surface area (Å²) in [5.74, 6) is 0.859. The van der Waals surface area contributed by atoms with Gasteiger partial charge in [-0.25, -0.2) is 9.59 Å². The van der Waals surface area contributed by atoms with Crippen LogP contribution in [0.1, 0.15) is 36.6 Å². The third kappa shape index (κ3) is 8.49. The van der Waals surface area contributed by atoms with Crippen molar-refractivity contribution in [3.63, 3.8) is 0 Å². The molecule has 4 aromatic rings. The minimum atomic E-state index is -1.16. The van der Waals surface area contributed by atoms with Crippen molar-refractivity contribution in [1.82, 2.24) is 16.1 Å². The van der Waals surface area contributed by atoms with Crippen LogP contribution in [0.15, 0.2) is 89.2 Å². The maximum Gasteiger partial charge on any atom is 0.337 e. The molecule has 0 aromatic heterocycles. The molecule has 250 valence electrons. The number of ether oxygens (including phenoxy) is 4. The number of urea groups is 1. The summed E-state index contributed by atoms with van der Waals surface area (Å²) in [6.45, 7) is 4.02. The number of carbonyl (C=O) groups is 2. The first kappa shape index (κ1) is 35.2. The zero-order valence-corrected chi connectivity index (χ0v) is 30.7. The van der Waals surface area contributed by atoms with Crippen molar-refractivity contribution in [2.24, 2.45) is 5.10 Å². The molecule has 2 atom stereocenters. The van der Waals surface area contributed by atoms with Crippen molar-refractivity contribution in [2.45, 2.75) is 32.7 Å². The Labute approximate surface area is 305 Å². The number of allylic oxidation sites excluding steroid dienone is 1. The van der Waals surface area contributed by atoms with E-state index in [1.54, 1.807) is 31.3 Å². The van der Waals surface area contributed by atoms with Gasteiger partial charge in [0, 0.05) is 14.8 Å². The second-order valence-corrected chi connectivity index (χ2v) is 13.1. The first-order valence-corrected chi connectivity index (χ1v) is 17.2. The summed E-state index contributed by atoms with van der Waals surface area (Å²) in [5.41, 5.74) is 5.79. The molecule has 5 rings (SSSR count). The van der Waals surface area contributed by atoms with Gasteiger partial charge in [0.15, 0.2) is 17.7 Å². The van der Waals surface area contributed by atoms with E-state index in [-0.39, 0.29) is 12.2 Å². The number of carbonyl (C=O) groups excluding carboxylic acids is 2. The molecule has 13 heteroatoms. The van der Waals surface area contributed by atoms with Crippen LogP contribution in [0, 0.1) is 7.14 Å². The second kappa shape index (κ2) is 16.3. The number of benzene rings is 4. The maximum atomic E-state index is 12.5. The van der Waals surface area contributed by atoms with Gasteiger partial charge < -0.3 is 34.7 Å². The highest BCUT2D eigenvalue weighted by Crippen LogP contribution is 2.35. The number of hydrazone groups is 1. The molecule has 11 nitrogen and oxygen atoms in total. The lowest BCUT2D eigenvalue weighted by atomic mass is 9.95. The van der Waals surface area contributed by atoms with Gasteiger partial charge in [-0.3, -0.25) is 5.43 Å². The van der Waals surface area contributed by atoms with Crippen LogP contribution in [-0.4, -0.2) is 49.9 Å². The Morgan fingerprint density at radius 1 is 1.04 bits per heavy atom. The SMILES string of the molecule is CCOc1cc([C@H]2NC(=O)NC(C)=C2C(=O)OC)ccc1OC[C@H](O)N/N=C/c1cc(I)cc(I)c1OCc1cccc2ccccc12. The number of nitrogens with zero attached hydrogens (tertiary/aromatic N) is 1. The van der Waals surface area contributed by atoms with Gasteiger partial charge in [0.25, 0.3) is 0 Å². The molecular weight excluding hydrogens is 842 g/mol. The smallest absolute Gasteiger partial charge is 0.337 e. The van der Waals surface area contributed by atoms with Crippen LogP contribution in [-0.2, 0) is 16.1 Å². The highest BCUT2D eigenvalue weighted by Gasteiger charge is 2.32. The molecule has 0 bridgehead atoms. The third-order valence-corrected chi connectivity index (χ3v) is 8.81. The summed E-state index contributed by atoms with van der Waals surface area (Å²) in [4.78, 5) is 24.7. The Morgan fingerprint density at radius 3 is 2.62 bits per heavy atom. The zero-order chi connectivity index (χ0) is 34.2. The summed E-state index contributed by atoms with van der Waals surface area (Å²) in [6.07, 6.45) is 0.450. The van der Waals surface area contributed by atoms with Crippen LogP contribution in [0.5, 0.6) is 17.2 Å². The number of halogens is 2.